The Labute approximate surface area is 104 Å². The van der Waals surface area contributed by atoms with Gasteiger partial charge < -0.3 is 10.5 Å². The van der Waals surface area contributed by atoms with Crippen LogP contribution in [0, 0.1) is 9.49 Å². The average Bonchev–Trinajstić information content (AvgIpc) is 2.30. The Morgan fingerprint density at radius 3 is 2.87 bits per heavy atom. The minimum Gasteiger partial charge on any atom is -0.381 e. The highest BCUT2D eigenvalue weighted by Crippen LogP contribution is 2.29. The lowest BCUT2D eigenvalue weighted by Crippen LogP contribution is -2.29. The van der Waals surface area contributed by atoms with Crippen LogP contribution in [0.3, 0.4) is 0 Å². The first kappa shape index (κ1) is 11.4. The van der Waals surface area contributed by atoms with Crippen molar-refractivity contribution in [3.63, 3.8) is 0 Å². The van der Waals surface area contributed by atoms with Gasteiger partial charge in [0, 0.05) is 22.1 Å². The fourth-order valence-corrected chi connectivity index (χ4v) is 2.80. The monoisotopic (exact) mass is 317 g/mol. The number of nitrogens with two attached hydrogens (primary N) is 1. The molecular weight excluding hydrogens is 301 g/mol. The molecule has 0 aliphatic carbocycles. The Kier molecular flexibility index (Phi) is 3.99. The molecule has 0 aromatic heterocycles. The highest BCUT2D eigenvalue weighted by molar-refractivity contribution is 14.1. The van der Waals surface area contributed by atoms with E-state index < -0.39 is 0 Å². The van der Waals surface area contributed by atoms with E-state index in [1.165, 1.54) is 15.6 Å². The van der Waals surface area contributed by atoms with Crippen LogP contribution >= 0.6 is 22.6 Å². The SMILES string of the molecule is NC(c1ccccc1I)C1CCCOC1. The molecule has 3 heteroatoms. The molecule has 1 aromatic carbocycles. The molecule has 1 aliphatic heterocycles. The Hall–Kier alpha value is -0.130. The summed E-state index contributed by atoms with van der Waals surface area (Å²) in [5.41, 5.74) is 7.54. The second kappa shape index (κ2) is 5.27. The lowest BCUT2D eigenvalue weighted by atomic mass is 9.89. The van der Waals surface area contributed by atoms with Crippen LogP contribution in [0.4, 0.5) is 0 Å². The number of halogens is 1. The zero-order valence-electron chi connectivity index (χ0n) is 8.66. The van der Waals surface area contributed by atoms with E-state index in [1.54, 1.807) is 0 Å². The molecule has 1 aliphatic rings. The highest BCUT2D eigenvalue weighted by Gasteiger charge is 2.23. The lowest BCUT2D eigenvalue weighted by Gasteiger charge is -2.28. The van der Waals surface area contributed by atoms with E-state index in [0.29, 0.717) is 5.92 Å². The number of rotatable bonds is 2. The lowest BCUT2D eigenvalue weighted by molar-refractivity contribution is 0.0447. The van der Waals surface area contributed by atoms with E-state index in [4.69, 9.17) is 10.5 Å². The molecule has 1 fully saturated rings. The van der Waals surface area contributed by atoms with Crippen LogP contribution in [0.25, 0.3) is 0 Å². The maximum atomic E-state index is 6.29. The molecule has 15 heavy (non-hydrogen) atoms. The molecule has 82 valence electrons. The minimum atomic E-state index is 0.124. The van der Waals surface area contributed by atoms with E-state index in [-0.39, 0.29) is 6.04 Å². The van der Waals surface area contributed by atoms with Crippen molar-refractivity contribution in [2.24, 2.45) is 11.7 Å². The Morgan fingerprint density at radius 1 is 1.40 bits per heavy atom. The molecule has 0 saturated carbocycles. The number of hydrogen-bond donors (Lipinski definition) is 1. The van der Waals surface area contributed by atoms with Crippen LogP contribution in [-0.2, 0) is 4.74 Å². The summed E-state index contributed by atoms with van der Waals surface area (Å²) in [6.07, 6.45) is 2.33. The van der Waals surface area contributed by atoms with Crippen molar-refractivity contribution in [1.29, 1.82) is 0 Å². The summed E-state index contributed by atoms with van der Waals surface area (Å²) in [4.78, 5) is 0. The van der Waals surface area contributed by atoms with Crippen molar-refractivity contribution in [3.05, 3.63) is 33.4 Å². The van der Waals surface area contributed by atoms with Gasteiger partial charge in [-0.05, 0) is 47.1 Å². The van der Waals surface area contributed by atoms with Gasteiger partial charge >= 0.3 is 0 Å². The maximum absolute atomic E-state index is 6.29. The van der Waals surface area contributed by atoms with Gasteiger partial charge in [0.1, 0.15) is 0 Å². The highest BCUT2D eigenvalue weighted by atomic mass is 127. The zero-order valence-corrected chi connectivity index (χ0v) is 10.8. The Bertz CT molecular complexity index is 323. The van der Waals surface area contributed by atoms with Gasteiger partial charge in [0.05, 0.1) is 6.61 Å². The van der Waals surface area contributed by atoms with Crippen LogP contribution in [0.2, 0.25) is 0 Å². The summed E-state index contributed by atoms with van der Waals surface area (Å²) in [5, 5.41) is 0. The second-order valence-corrected chi connectivity index (χ2v) is 5.19. The van der Waals surface area contributed by atoms with Crippen molar-refractivity contribution < 1.29 is 4.74 Å². The van der Waals surface area contributed by atoms with E-state index in [2.05, 4.69) is 46.9 Å². The molecule has 1 aromatic rings. The molecule has 2 unspecified atom stereocenters. The second-order valence-electron chi connectivity index (χ2n) is 4.02. The molecule has 0 amide bonds. The predicted molar refractivity (Wildman–Crippen MR) is 69.6 cm³/mol. The van der Waals surface area contributed by atoms with Crippen LogP contribution in [0.5, 0.6) is 0 Å². The molecule has 0 spiro atoms. The molecule has 2 rings (SSSR count). The van der Waals surface area contributed by atoms with Crippen LogP contribution in [-0.4, -0.2) is 13.2 Å². The van der Waals surface area contributed by atoms with Gasteiger partial charge in [0.2, 0.25) is 0 Å². The summed E-state index contributed by atoms with van der Waals surface area (Å²) < 4.78 is 6.74. The molecule has 0 bridgehead atoms. The van der Waals surface area contributed by atoms with Gasteiger partial charge in [-0.25, -0.2) is 0 Å². The van der Waals surface area contributed by atoms with Gasteiger partial charge in [0.25, 0.3) is 0 Å². The number of ether oxygens (including phenoxy) is 1. The molecule has 2 N–H and O–H groups in total. The van der Waals surface area contributed by atoms with Crippen LogP contribution in [0.15, 0.2) is 24.3 Å². The summed E-state index contributed by atoms with van der Waals surface area (Å²) in [6, 6.07) is 8.47. The number of benzene rings is 1. The quantitative estimate of drug-likeness (QED) is 0.851. The molecule has 2 nitrogen and oxygen atoms in total. The van der Waals surface area contributed by atoms with E-state index >= 15 is 0 Å². The summed E-state index contributed by atoms with van der Waals surface area (Å²) in [6.45, 7) is 1.71. The molecule has 1 saturated heterocycles. The molecule has 1 heterocycles. The van der Waals surface area contributed by atoms with Crippen molar-refractivity contribution in [1.82, 2.24) is 0 Å². The molecular formula is C12H16INO. The first-order valence-corrected chi connectivity index (χ1v) is 6.44. The van der Waals surface area contributed by atoms with E-state index in [1.807, 2.05) is 0 Å². The summed E-state index contributed by atoms with van der Waals surface area (Å²) in [7, 11) is 0. The van der Waals surface area contributed by atoms with Crippen LogP contribution in [0.1, 0.15) is 24.4 Å². The van der Waals surface area contributed by atoms with Gasteiger partial charge in [-0.3, -0.25) is 0 Å². The predicted octanol–water partition coefficient (Wildman–Crippen LogP) is 2.72. The third-order valence-electron chi connectivity index (χ3n) is 2.97. The first-order chi connectivity index (χ1) is 7.29. The number of hydrogen-bond acceptors (Lipinski definition) is 2. The standard InChI is InChI=1S/C12H16INO/c13-11-6-2-1-5-10(11)12(14)9-4-3-7-15-8-9/h1-2,5-6,9,12H,3-4,7-8,14H2. The Morgan fingerprint density at radius 2 is 2.20 bits per heavy atom. The molecule has 2 atom stereocenters. The van der Waals surface area contributed by atoms with Gasteiger partial charge in [-0.15, -0.1) is 0 Å². The minimum absolute atomic E-state index is 0.124. The van der Waals surface area contributed by atoms with Crippen molar-refractivity contribution in [2.45, 2.75) is 18.9 Å². The van der Waals surface area contributed by atoms with Crippen molar-refractivity contribution in [2.75, 3.05) is 13.2 Å². The third kappa shape index (κ3) is 2.71. The maximum Gasteiger partial charge on any atom is 0.0512 e. The van der Waals surface area contributed by atoms with Gasteiger partial charge in [-0.2, -0.15) is 0 Å². The van der Waals surface area contributed by atoms with Gasteiger partial charge in [-0.1, -0.05) is 18.2 Å². The van der Waals surface area contributed by atoms with Crippen LogP contribution < -0.4 is 5.73 Å². The Balaban J connectivity index is 2.12. The smallest absolute Gasteiger partial charge is 0.0512 e. The summed E-state index contributed by atoms with van der Waals surface area (Å²) in [5.74, 6) is 0.481. The van der Waals surface area contributed by atoms with E-state index in [0.717, 1.165) is 19.6 Å². The normalized spacial score (nSPS) is 23.7. The first-order valence-electron chi connectivity index (χ1n) is 5.37. The fraction of sp³-hybridized carbons (Fsp3) is 0.500. The largest absolute Gasteiger partial charge is 0.381 e. The van der Waals surface area contributed by atoms with Crippen molar-refractivity contribution in [3.8, 4) is 0 Å². The van der Waals surface area contributed by atoms with Crippen molar-refractivity contribution >= 4 is 22.6 Å². The summed E-state index contributed by atoms with van der Waals surface area (Å²) >= 11 is 2.35. The average molecular weight is 317 g/mol. The van der Waals surface area contributed by atoms with E-state index in [9.17, 15) is 0 Å². The fourth-order valence-electron chi connectivity index (χ4n) is 2.05. The van der Waals surface area contributed by atoms with Gasteiger partial charge in [0.15, 0.2) is 0 Å². The zero-order chi connectivity index (χ0) is 10.7. The molecule has 0 radical (unpaired) electrons. The third-order valence-corrected chi connectivity index (χ3v) is 3.95. The topological polar surface area (TPSA) is 35.2 Å².